The molecule has 0 saturated heterocycles. The maximum Gasteiger partial charge on any atom is 0.269 e. The van der Waals surface area contributed by atoms with E-state index in [4.69, 9.17) is 5.73 Å². The largest absolute Gasteiger partial charge is 0.396 e. The summed E-state index contributed by atoms with van der Waals surface area (Å²) >= 11 is 0. The summed E-state index contributed by atoms with van der Waals surface area (Å²) in [5, 5.41) is 13.6. The minimum absolute atomic E-state index is 0.0803. The van der Waals surface area contributed by atoms with Gasteiger partial charge in [-0.05, 0) is 24.1 Å². The Balaban J connectivity index is 2.04. The molecule has 6 nitrogen and oxygen atoms in total. The Morgan fingerprint density at radius 3 is 2.63 bits per heavy atom. The van der Waals surface area contributed by atoms with E-state index in [2.05, 4.69) is 10.3 Å². The molecule has 1 heterocycles. The molecule has 0 bridgehead atoms. The van der Waals surface area contributed by atoms with Crippen LogP contribution in [0.3, 0.4) is 0 Å². The van der Waals surface area contributed by atoms with Crippen molar-refractivity contribution in [3.05, 3.63) is 57.8 Å². The second-order valence-electron chi connectivity index (χ2n) is 4.23. The Morgan fingerprint density at radius 1 is 1.37 bits per heavy atom. The molecule has 0 radical (unpaired) electrons. The van der Waals surface area contributed by atoms with Crippen molar-refractivity contribution >= 4 is 17.2 Å². The quantitative estimate of drug-likeness (QED) is 0.649. The number of anilines is 2. The normalized spacial score (nSPS) is 10.2. The third kappa shape index (κ3) is 3.19. The summed E-state index contributed by atoms with van der Waals surface area (Å²) in [7, 11) is 0. The summed E-state index contributed by atoms with van der Waals surface area (Å²) in [5.74, 6) is 0.615. The van der Waals surface area contributed by atoms with Gasteiger partial charge in [-0.1, -0.05) is 12.1 Å². The zero-order valence-electron chi connectivity index (χ0n) is 10.5. The second kappa shape index (κ2) is 5.34. The van der Waals surface area contributed by atoms with Crippen molar-refractivity contribution < 1.29 is 4.92 Å². The van der Waals surface area contributed by atoms with Crippen molar-refractivity contribution in [2.45, 2.75) is 13.5 Å². The highest BCUT2D eigenvalue weighted by atomic mass is 16.6. The van der Waals surface area contributed by atoms with Gasteiger partial charge in [-0.15, -0.1) is 0 Å². The van der Waals surface area contributed by atoms with E-state index in [1.807, 2.05) is 13.0 Å². The molecule has 0 atom stereocenters. The average molecular weight is 258 g/mol. The summed E-state index contributed by atoms with van der Waals surface area (Å²) in [6.45, 7) is 2.43. The van der Waals surface area contributed by atoms with Crippen LogP contribution in [-0.4, -0.2) is 9.91 Å². The van der Waals surface area contributed by atoms with Gasteiger partial charge in [0.25, 0.3) is 5.69 Å². The maximum atomic E-state index is 10.5. The van der Waals surface area contributed by atoms with Crippen LogP contribution in [0.5, 0.6) is 0 Å². The smallest absolute Gasteiger partial charge is 0.269 e. The van der Waals surface area contributed by atoms with E-state index in [1.54, 1.807) is 18.3 Å². The number of nitrogens with one attached hydrogen (secondary N) is 1. The van der Waals surface area contributed by atoms with Crippen LogP contribution in [-0.2, 0) is 6.54 Å². The lowest BCUT2D eigenvalue weighted by Gasteiger charge is -2.08. The van der Waals surface area contributed by atoms with Crippen molar-refractivity contribution in [3.8, 4) is 0 Å². The third-order valence-electron chi connectivity index (χ3n) is 2.66. The Hall–Kier alpha value is -2.63. The lowest BCUT2D eigenvalue weighted by Crippen LogP contribution is -2.04. The second-order valence-corrected chi connectivity index (χ2v) is 4.23. The van der Waals surface area contributed by atoms with E-state index in [0.29, 0.717) is 18.1 Å². The molecule has 0 aliphatic heterocycles. The highest BCUT2D eigenvalue weighted by Crippen LogP contribution is 2.17. The fraction of sp³-hybridized carbons (Fsp3) is 0.154. The molecule has 2 aromatic rings. The van der Waals surface area contributed by atoms with Crippen molar-refractivity contribution in [1.82, 2.24) is 4.98 Å². The molecule has 3 N–H and O–H groups in total. The van der Waals surface area contributed by atoms with Crippen LogP contribution >= 0.6 is 0 Å². The van der Waals surface area contributed by atoms with Gasteiger partial charge in [0, 0.05) is 24.9 Å². The van der Waals surface area contributed by atoms with E-state index in [-0.39, 0.29) is 5.69 Å². The van der Waals surface area contributed by atoms with Crippen LogP contribution in [0.2, 0.25) is 0 Å². The van der Waals surface area contributed by atoms with E-state index in [9.17, 15) is 10.1 Å². The standard InChI is InChI=1S/C13H14N4O2/c1-9-6-12(14)13(15-7-9)16-8-10-2-4-11(5-3-10)17(18)19/h2-7H,8,14H2,1H3,(H,15,16). The van der Waals surface area contributed by atoms with Crippen molar-refractivity contribution in [3.63, 3.8) is 0 Å². The van der Waals surface area contributed by atoms with Gasteiger partial charge in [-0.2, -0.15) is 0 Å². The molecule has 0 aliphatic carbocycles. The summed E-state index contributed by atoms with van der Waals surface area (Å²) in [6.07, 6.45) is 1.73. The zero-order valence-corrected chi connectivity index (χ0v) is 10.5. The van der Waals surface area contributed by atoms with Crippen LogP contribution in [0.15, 0.2) is 36.5 Å². The summed E-state index contributed by atoms with van der Waals surface area (Å²) < 4.78 is 0. The fourth-order valence-corrected chi connectivity index (χ4v) is 1.66. The minimum atomic E-state index is -0.420. The van der Waals surface area contributed by atoms with E-state index >= 15 is 0 Å². The van der Waals surface area contributed by atoms with Gasteiger partial charge < -0.3 is 11.1 Å². The number of aryl methyl sites for hydroxylation is 1. The lowest BCUT2D eigenvalue weighted by molar-refractivity contribution is -0.384. The van der Waals surface area contributed by atoms with Gasteiger partial charge >= 0.3 is 0 Å². The van der Waals surface area contributed by atoms with Crippen LogP contribution in [0.25, 0.3) is 0 Å². The number of aromatic nitrogens is 1. The Labute approximate surface area is 110 Å². The number of rotatable bonds is 4. The Kier molecular flexibility index (Phi) is 3.61. The molecule has 2 rings (SSSR count). The van der Waals surface area contributed by atoms with Crippen LogP contribution < -0.4 is 11.1 Å². The average Bonchev–Trinajstić information content (AvgIpc) is 2.38. The lowest BCUT2D eigenvalue weighted by atomic mass is 10.2. The minimum Gasteiger partial charge on any atom is -0.396 e. The van der Waals surface area contributed by atoms with Crippen LogP contribution in [0.4, 0.5) is 17.2 Å². The molecular formula is C13H14N4O2. The molecule has 0 fully saturated rings. The van der Waals surface area contributed by atoms with Crippen molar-refractivity contribution in [1.29, 1.82) is 0 Å². The zero-order chi connectivity index (χ0) is 13.8. The number of hydrogen-bond donors (Lipinski definition) is 2. The first-order valence-corrected chi connectivity index (χ1v) is 5.75. The van der Waals surface area contributed by atoms with Crippen LogP contribution in [0.1, 0.15) is 11.1 Å². The number of nitro benzene ring substituents is 1. The van der Waals surface area contributed by atoms with E-state index in [1.165, 1.54) is 12.1 Å². The Bertz CT molecular complexity index is 596. The van der Waals surface area contributed by atoms with Gasteiger partial charge in [0.15, 0.2) is 0 Å². The SMILES string of the molecule is Cc1cnc(NCc2ccc([N+](=O)[O-])cc2)c(N)c1. The molecular weight excluding hydrogens is 244 g/mol. The molecule has 0 spiro atoms. The van der Waals surface area contributed by atoms with Gasteiger partial charge in [-0.3, -0.25) is 10.1 Å². The monoisotopic (exact) mass is 258 g/mol. The highest BCUT2D eigenvalue weighted by Gasteiger charge is 2.05. The number of pyridine rings is 1. The topological polar surface area (TPSA) is 94.1 Å². The number of hydrogen-bond acceptors (Lipinski definition) is 5. The first-order chi connectivity index (χ1) is 9.06. The van der Waals surface area contributed by atoms with Crippen LogP contribution in [0, 0.1) is 17.0 Å². The summed E-state index contributed by atoms with van der Waals surface area (Å²) in [6, 6.07) is 8.20. The van der Waals surface area contributed by atoms with Gasteiger partial charge in [0.2, 0.25) is 0 Å². The third-order valence-corrected chi connectivity index (χ3v) is 2.66. The van der Waals surface area contributed by atoms with Crippen molar-refractivity contribution in [2.75, 3.05) is 11.1 Å². The van der Waals surface area contributed by atoms with E-state index < -0.39 is 4.92 Å². The molecule has 6 heteroatoms. The summed E-state index contributed by atoms with van der Waals surface area (Å²) in [4.78, 5) is 14.3. The predicted molar refractivity (Wildman–Crippen MR) is 73.8 cm³/mol. The maximum absolute atomic E-state index is 10.5. The first kappa shape index (κ1) is 12.8. The highest BCUT2D eigenvalue weighted by molar-refractivity contribution is 5.61. The number of benzene rings is 1. The van der Waals surface area contributed by atoms with E-state index in [0.717, 1.165) is 11.1 Å². The number of nitrogens with two attached hydrogens (primary N) is 1. The molecule has 1 aromatic carbocycles. The summed E-state index contributed by atoms with van der Waals surface area (Å²) in [5.41, 5.74) is 8.42. The number of nitrogen functional groups attached to an aromatic ring is 1. The number of non-ortho nitro benzene ring substituents is 1. The van der Waals surface area contributed by atoms with Crippen molar-refractivity contribution in [2.24, 2.45) is 0 Å². The molecule has 1 aromatic heterocycles. The van der Waals surface area contributed by atoms with Gasteiger partial charge in [-0.25, -0.2) is 4.98 Å². The molecule has 98 valence electrons. The number of nitrogens with zero attached hydrogens (tertiary/aromatic N) is 2. The van der Waals surface area contributed by atoms with Gasteiger partial charge in [0.05, 0.1) is 10.6 Å². The molecule has 19 heavy (non-hydrogen) atoms. The fourth-order valence-electron chi connectivity index (χ4n) is 1.66. The Morgan fingerprint density at radius 2 is 2.05 bits per heavy atom. The molecule has 0 aliphatic rings. The predicted octanol–water partition coefficient (Wildman–Crippen LogP) is 2.49. The molecule has 0 unspecified atom stereocenters. The number of nitro groups is 1. The molecule has 0 amide bonds. The van der Waals surface area contributed by atoms with Gasteiger partial charge in [0.1, 0.15) is 5.82 Å². The molecule has 0 saturated carbocycles. The first-order valence-electron chi connectivity index (χ1n) is 5.75.